The van der Waals surface area contributed by atoms with Crippen molar-refractivity contribution < 1.29 is 18.7 Å². The molecule has 0 saturated carbocycles. The minimum absolute atomic E-state index is 0.190. The summed E-state index contributed by atoms with van der Waals surface area (Å²) in [4.78, 5) is 0. The summed E-state index contributed by atoms with van der Waals surface area (Å²) < 4.78 is 17.8. The van der Waals surface area contributed by atoms with Crippen molar-refractivity contribution in [1.82, 2.24) is 0 Å². The van der Waals surface area contributed by atoms with Crippen LogP contribution in [0.25, 0.3) is 11.1 Å². The summed E-state index contributed by atoms with van der Waals surface area (Å²) in [5.74, 6) is 1.19. The molecular formula is C24H36O4Si. The molecule has 0 fully saturated rings. The smallest absolute Gasteiger partial charge is 0.321 e. The molecule has 0 aliphatic rings. The van der Waals surface area contributed by atoms with Gasteiger partial charge in [0.2, 0.25) is 0 Å². The van der Waals surface area contributed by atoms with E-state index < -0.39 is 9.28 Å². The van der Waals surface area contributed by atoms with Crippen molar-refractivity contribution in [2.24, 2.45) is 0 Å². The molecule has 0 aliphatic heterocycles. The zero-order valence-electron chi connectivity index (χ0n) is 18.5. The van der Waals surface area contributed by atoms with Gasteiger partial charge in [0.1, 0.15) is 11.5 Å². The maximum atomic E-state index is 10.0. The lowest BCUT2D eigenvalue weighted by Gasteiger charge is -2.21. The van der Waals surface area contributed by atoms with Gasteiger partial charge in [0, 0.05) is 12.2 Å². The lowest BCUT2D eigenvalue weighted by atomic mass is 9.96. The van der Waals surface area contributed by atoms with E-state index in [0.717, 1.165) is 54.4 Å². The van der Waals surface area contributed by atoms with Crippen molar-refractivity contribution in [2.45, 2.75) is 72.1 Å². The second kappa shape index (κ2) is 12.0. The van der Waals surface area contributed by atoms with Crippen LogP contribution >= 0.6 is 0 Å². The van der Waals surface area contributed by atoms with Gasteiger partial charge in [-0.25, -0.2) is 0 Å². The minimum Gasteiger partial charge on any atom is -0.508 e. The third-order valence-corrected chi connectivity index (χ3v) is 7.04. The van der Waals surface area contributed by atoms with Gasteiger partial charge in [0.25, 0.3) is 0 Å². The van der Waals surface area contributed by atoms with E-state index in [1.807, 2.05) is 24.3 Å². The molecule has 0 radical (unpaired) electrons. The minimum atomic E-state index is -1.69. The summed E-state index contributed by atoms with van der Waals surface area (Å²) >= 11 is 0. The Kier molecular flexibility index (Phi) is 9.71. The second-order valence-electron chi connectivity index (χ2n) is 7.91. The average Bonchev–Trinajstić information content (AvgIpc) is 2.66. The molecule has 0 heterocycles. The first-order valence-electron chi connectivity index (χ1n) is 10.7. The monoisotopic (exact) mass is 416 g/mol. The van der Waals surface area contributed by atoms with Crippen LogP contribution in [0.15, 0.2) is 42.5 Å². The summed E-state index contributed by atoms with van der Waals surface area (Å²) in [6.45, 7) is 11.1. The lowest BCUT2D eigenvalue weighted by molar-refractivity contribution is 0.129. The average molecular weight is 417 g/mol. The van der Waals surface area contributed by atoms with Gasteiger partial charge in [-0.3, -0.25) is 0 Å². The Morgan fingerprint density at radius 2 is 1.59 bits per heavy atom. The van der Waals surface area contributed by atoms with Gasteiger partial charge in [0.15, 0.2) is 0 Å². The third kappa shape index (κ3) is 8.21. The zero-order valence-corrected chi connectivity index (χ0v) is 19.6. The first kappa shape index (κ1) is 23.5. The highest BCUT2D eigenvalue weighted by Gasteiger charge is 2.17. The first-order valence-corrected chi connectivity index (χ1v) is 12.5. The van der Waals surface area contributed by atoms with Gasteiger partial charge in [0.05, 0.1) is 6.61 Å². The molecule has 5 heteroatoms. The van der Waals surface area contributed by atoms with Crippen molar-refractivity contribution >= 4 is 9.28 Å². The summed E-state index contributed by atoms with van der Waals surface area (Å²) in [5.41, 5.74) is 3.43. The number of hydrogen-bond acceptors (Lipinski definition) is 4. The van der Waals surface area contributed by atoms with Gasteiger partial charge in [-0.1, -0.05) is 25.1 Å². The quantitative estimate of drug-likeness (QED) is 0.441. The van der Waals surface area contributed by atoms with E-state index in [4.69, 9.17) is 13.6 Å². The number of phenolic OH excluding ortho intramolecular Hbond substituents is 1. The van der Waals surface area contributed by atoms with Crippen molar-refractivity contribution in [3.8, 4) is 22.6 Å². The highest BCUT2D eigenvalue weighted by atomic mass is 28.3. The van der Waals surface area contributed by atoms with Crippen molar-refractivity contribution in [1.29, 1.82) is 0 Å². The largest absolute Gasteiger partial charge is 0.508 e. The Morgan fingerprint density at radius 3 is 2.17 bits per heavy atom. The molecule has 29 heavy (non-hydrogen) atoms. The van der Waals surface area contributed by atoms with Crippen molar-refractivity contribution in [3.05, 3.63) is 48.0 Å². The molecule has 0 amide bonds. The molecular weight excluding hydrogens is 380 g/mol. The maximum Gasteiger partial charge on any atom is 0.321 e. The molecule has 0 spiro atoms. The Bertz CT molecular complexity index is 718. The van der Waals surface area contributed by atoms with Crippen LogP contribution < -0.4 is 4.74 Å². The summed E-state index contributed by atoms with van der Waals surface area (Å²) in [6.07, 6.45) is 3.23. The van der Waals surface area contributed by atoms with Crippen LogP contribution in [0.5, 0.6) is 11.5 Å². The highest BCUT2D eigenvalue weighted by molar-refractivity contribution is 6.44. The highest BCUT2D eigenvalue weighted by Crippen LogP contribution is 2.30. The Hall–Kier alpha value is -1.82. The molecule has 0 unspecified atom stereocenters. The number of phenols is 1. The zero-order chi connectivity index (χ0) is 21.2. The van der Waals surface area contributed by atoms with E-state index in [0.29, 0.717) is 5.75 Å². The van der Waals surface area contributed by atoms with Crippen LogP contribution in [-0.4, -0.2) is 33.2 Å². The standard InChI is InChI=1S/C24H36O4Si/c1-6-15-26-23-12-9-20(10-13-23)24-14-11-22(25)17-21(24)8-7-16-29(27-18(2)3)28-19(4)5/h9-14,17-19,25,29H,6-8,15-16H2,1-5H3. The number of hydrogen-bond donors (Lipinski definition) is 1. The van der Waals surface area contributed by atoms with Crippen LogP contribution in [-0.2, 0) is 15.3 Å². The van der Waals surface area contributed by atoms with E-state index >= 15 is 0 Å². The lowest BCUT2D eigenvalue weighted by Crippen LogP contribution is -2.29. The third-order valence-electron chi connectivity index (χ3n) is 4.46. The Labute approximate surface area is 177 Å². The predicted octanol–water partition coefficient (Wildman–Crippen LogP) is 5.85. The molecule has 2 aromatic rings. The molecule has 0 aliphatic carbocycles. The van der Waals surface area contributed by atoms with E-state index in [-0.39, 0.29) is 12.2 Å². The predicted molar refractivity (Wildman–Crippen MR) is 122 cm³/mol. The summed E-state index contributed by atoms with van der Waals surface area (Å²) in [7, 11) is -1.69. The summed E-state index contributed by atoms with van der Waals surface area (Å²) in [5, 5.41) is 10.0. The van der Waals surface area contributed by atoms with Crippen molar-refractivity contribution in [3.63, 3.8) is 0 Å². The molecule has 0 atom stereocenters. The number of aromatic hydroxyl groups is 1. The van der Waals surface area contributed by atoms with Crippen LogP contribution in [0.4, 0.5) is 0 Å². The maximum absolute atomic E-state index is 10.0. The van der Waals surface area contributed by atoms with Crippen LogP contribution in [0.1, 0.15) is 53.0 Å². The van der Waals surface area contributed by atoms with Crippen molar-refractivity contribution in [2.75, 3.05) is 6.61 Å². The normalized spacial score (nSPS) is 11.6. The SMILES string of the molecule is CCCOc1ccc(-c2ccc(O)cc2CCC[SiH](OC(C)C)OC(C)C)cc1. The van der Waals surface area contributed by atoms with Gasteiger partial charge in [-0.2, -0.15) is 0 Å². The fourth-order valence-electron chi connectivity index (χ4n) is 3.25. The molecule has 1 N–H and O–H groups in total. The van der Waals surface area contributed by atoms with Crippen LogP contribution in [0, 0.1) is 0 Å². The van der Waals surface area contributed by atoms with Gasteiger partial charge in [-0.15, -0.1) is 0 Å². The molecule has 0 saturated heterocycles. The number of rotatable bonds is 12. The van der Waals surface area contributed by atoms with E-state index in [1.54, 1.807) is 6.07 Å². The number of aryl methyl sites for hydroxylation is 1. The Balaban J connectivity index is 2.07. The van der Waals surface area contributed by atoms with Crippen LogP contribution in [0.2, 0.25) is 6.04 Å². The van der Waals surface area contributed by atoms with E-state index in [1.165, 1.54) is 0 Å². The Morgan fingerprint density at radius 1 is 0.931 bits per heavy atom. The van der Waals surface area contributed by atoms with Gasteiger partial charge < -0.3 is 18.7 Å². The molecule has 2 rings (SSSR count). The molecule has 4 nitrogen and oxygen atoms in total. The van der Waals surface area contributed by atoms with Gasteiger partial charge >= 0.3 is 9.28 Å². The number of benzene rings is 2. The fourth-order valence-corrected chi connectivity index (χ4v) is 5.34. The fraction of sp³-hybridized carbons (Fsp3) is 0.500. The molecule has 0 aromatic heterocycles. The first-order chi connectivity index (χ1) is 13.9. The molecule has 2 aromatic carbocycles. The van der Waals surface area contributed by atoms with E-state index in [2.05, 4.69) is 46.8 Å². The summed E-state index contributed by atoms with van der Waals surface area (Å²) in [6, 6.07) is 14.8. The molecule has 160 valence electrons. The molecule has 0 bridgehead atoms. The van der Waals surface area contributed by atoms with Gasteiger partial charge in [-0.05, 0) is 94.0 Å². The van der Waals surface area contributed by atoms with E-state index in [9.17, 15) is 5.11 Å². The number of ether oxygens (including phenoxy) is 1. The second-order valence-corrected chi connectivity index (χ2v) is 9.89. The topological polar surface area (TPSA) is 47.9 Å². The van der Waals surface area contributed by atoms with Crippen LogP contribution in [0.3, 0.4) is 0 Å².